The van der Waals surface area contributed by atoms with E-state index in [1.54, 1.807) is 6.92 Å². The Morgan fingerprint density at radius 2 is 2.08 bits per heavy atom. The Morgan fingerprint density at radius 1 is 1.33 bits per heavy atom. The van der Waals surface area contributed by atoms with Crippen molar-refractivity contribution in [3.8, 4) is 0 Å². The summed E-state index contributed by atoms with van der Waals surface area (Å²) < 4.78 is 5.17. The van der Waals surface area contributed by atoms with Gasteiger partial charge >= 0.3 is 0 Å². The van der Waals surface area contributed by atoms with E-state index in [-0.39, 0.29) is 5.91 Å². The fraction of sp³-hybridized carbons (Fsp3) is 0.474. The lowest BCUT2D eigenvalue weighted by Crippen LogP contribution is -2.48. The maximum absolute atomic E-state index is 12.3. The van der Waals surface area contributed by atoms with Crippen LogP contribution in [0, 0.1) is 12.8 Å². The molecule has 2 aromatic rings. The molecule has 1 aliphatic heterocycles. The fourth-order valence-electron chi connectivity index (χ4n) is 3.38. The number of carbonyl (C=O) groups excluding carboxylic acids is 1. The minimum atomic E-state index is -0.187. The molecule has 0 radical (unpaired) electrons. The molecule has 1 amide bonds. The van der Waals surface area contributed by atoms with Crippen LogP contribution in [0.15, 0.2) is 35.1 Å². The third-order valence-corrected chi connectivity index (χ3v) is 4.82. The standard InChI is InChI=1S/C19H25N3O2/c1-13(2)17(10-20-19(23)18-14(3)21-12-24-18)22-9-8-15-6-4-5-7-16(15)11-22/h4-7,12-13,17H,8-11H2,1-3H3,(H,20,23)/t17-/m0/s1. The van der Waals surface area contributed by atoms with Gasteiger partial charge in [-0.2, -0.15) is 0 Å². The van der Waals surface area contributed by atoms with Crippen LogP contribution in [0.5, 0.6) is 0 Å². The van der Waals surface area contributed by atoms with Gasteiger partial charge in [0, 0.05) is 25.7 Å². The highest BCUT2D eigenvalue weighted by Crippen LogP contribution is 2.22. The molecule has 1 aliphatic rings. The molecule has 5 nitrogen and oxygen atoms in total. The number of nitrogens with one attached hydrogen (secondary N) is 1. The molecule has 0 spiro atoms. The average molecular weight is 327 g/mol. The molecule has 0 fully saturated rings. The Labute approximate surface area is 143 Å². The van der Waals surface area contributed by atoms with Crippen molar-refractivity contribution in [2.45, 2.75) is 39.8 Å². The molecule has 0 saturated carbocycles. The van der Waals surface area contributed by atoms with Gasteiger partial charge in [-0.3, -0.25) is 9.69 Å². The number of aromatic nitrogens is 1. The lowest BCUT2D eigenvalue weighted by atomic mass is 9.95. The van der Waals surface area contributed by atoms with Crippen molar-refractivity contribution in [3.63, 3.8) is 0 Å². The highest BCUT2D eigenvalue weighted by Gasteiger charge is 2.26. The first-order valence-electron chi connectivity index (χ1n) is 8.55. The van der Waals surface area contributed by atoms with E-state index in [9.17, 15) is 4.79 Å². The third kappa shape index (κ3) is 3.51. The van der Waals surface area contributed by atoms with E-state index in [1.807, 2.05) is 0 Å². The van der Waals surface area contributed by atoms with Gasteiger partial charge in [-0.25, -0.2) is 4.98 Å². The van der Waals surface area contributed by atoms with Crippen LogP contribution in [0.1, 0.15) is 41.2 Å². The summed E-state index contributed by atoms with van der Waals surface area (Å²) in [7, 11) is 0. The predicted molar refractivity (Wildman–Crippen MR) is 92.8 cm³/mol. The third-order valence-electron chi connectivity index (χ3n) is 4.82. The maximum Gasteiger partial charge on any atom is 0.289 e. The van der Waals surface area contributed by atoms with Crippen molar-refractivity contribution < 1.29 is 9.21 Å². The highest BCUT2D eigenvalue weighted by molar-refractivity contribution is 5.92. The van der Waals surface area contributed by atoms with E-state index in [0.29, 0.717) is 30.0 Å². The number of nitrogens with zero attached hydrogens (tertiary/aromatic N) is 2. The number of oxazole rings is 1. The summed E-state index contributed by atoms with van der Waals surface area (Å²) in [6.07, 6.45) is 2.38. The number of aryl methyl sites for hydroxylation is 1. The zero-order chi connectivity index (χ0) is 17.1. The highest BCUT2D eigenvalue weighted by atomic mass is 16.3. The smallest absolute Gasteiger partial charge is 0.289 e. The summed E-state index contributed by atoms with van der Waals surface area (Å²) in [5.41, 5.74) is 3.46. The Bertz CT molecular complexity index is 708. The molecule has 0 bridgehead atoms. The Balaban J connectivity index is 1.65. The van der Waals surface area contributed by atoms with Crippen molar-refractivity contribution in [2.75, 3.05) is 13.1 Å². The molecule has 2 heterocycles. The van der Waals surface area contributed by atoms with Gasteiger partial charge in [-0.1, -0.05) is 38.1 Å². The molecular weight excluding hydrogens is 302 g/mol. The van der Waals surface area contributed by atoms with E-state index >= 15 is 0 Å². The number of carbonyl (C=O) groups is 1. The molecule has 1 aromatic heterocycles. The lowest BCUT2D eigenvalue weighted by Gasteiger charge is -2.37. The van der Waals surface area contributed by atoms with Crippen LogP contribution in [-0.2, 0) is 13.0 Å². The zero-order valence-corrected chi connectivity index (χ0v) is 14.6. The summed E-state index contributed by atoms with van der Waals surface area (Å²) in [5, 5.41) is 3.01. The van der Waals surface area contributed by atoms with Crippen LogP contribution in [0.25, 0.3) is 0 Å². The van der Waals surface area contributed by atoms with Crippen molar-refractivity contribution >= 4 is 5.91 Å². The van der Waals surface area contributed by atoms with Gasteiger partial charge in [-0.05, 0) is 30.4 Å². The SMILES string of the molecule is Cc1ncoc1C(=O)NC[C@@H](C(C)C)N1CCc2ccccc2C1. The van der Waals surface area contributed by atoms with Gasteiger partial charge in [-0.15, -0.1) is 0 Å². The van der Waals surface area contributed by atoms with Crippen LogP contribution in [0.4, 0.5) is 0 Å². The molecule has 1 N–H and O–H groups in total. The molecule has 5 heteroatoms. The average Bonchev–Trinajstić information content (AvgIpc) is 3.00. The summed E-state index contributed by atoms with van der Waals surface area (Å²) in [5.74, 6) is 0.570. The lowest BCUT2D eigenvalue weighted by molar-refractivity contribution is 0.0877. The van der Waals surface area contributed by atoms with Gasteiger partial charge in [0.1, 0.15) is 0 Å². The molecular formula is C19H25N3O2. The van der Waals surface area contributed by atoms with Crippen molar-refractivity contribution in [1.29, 1.82) is 0 Å². The predicted octanol–water partition coefficient (Wildman–Crippen LogP) is 2.80. The van der Waals surface area contributed by atoms with Crippen LogP contribution < -0.4 is 5.32 Å². The molecule has 3 rings (SSSR count). The maximum atomic E-state index is 12.3. The summed E-state index contributed by atoms with van der Waals surface area (Å²) in [4.78, 5) is 18.7. The monoisotopic (exact) mass is 327 g/mol. The minimum Gasteiger partial charge on any atom is -0.438 e. The molecule has 0 aliphatic carbocycles. The molecule has 1 aromatic carbocycles. The largest absolute Gasteiger partial charge is 0.438 e. The normalized spacial score (nSPS) is 16.0. The number of amides is 1. The number of hydrogen-bond acceptors (Lipinski definition) is 4. The van der Waals surface area contributed by atoms with Gasteiger partial charge in [0.25, 0.3) is 5.91 Å². The topological polar surface area (TPSA) is 58.4 Å². The van der Waals surface area contributed by atoms with Crippen LogP contribution in [-0.4, -0.2) is 34.9 Å². The fourth-order valence-corrected chi connectivity index (χ4v) is 3.38. The van der Waals surface area contributed by atoms with Gasteiger partial charge in [0.05, 0.1) is 5.69 Å². The minimum absolute atomic E-state index is 0.187. The zero-order valence-electron chi connectivity index (χ0n) is 14.6. The second-order valence-electron chi connectivity index (χ2n) is 6.78. The van der Waals surface area contributed by atoms with E-state index in [4.69, 9.17) is 4.42 Å². The van der Waals surface area contributed by atoms with Crippen LogP contribution in [0.3, 0.4) is 0 Å². The number of rotatable bonds is 5. The molecule has 0 saturated heterocycles. The molecule has 24 heavy (non-hydrogen) atoms. The Hall–Kier alpha value is -2.14. The number of benzene rings is 1. The molecule has 0 unspecified atom stereocenters. The van der Waals surface area contributed by atoms with E-state index < -0.39 is 0 Å². The van der Waals surface area contributed by atoms with Crippen molar-refractivity contribution in [3.05, 3.63) is 53.2 Å². The Kier molecular flexibility index (Phi) is 5.00. The van der Waals surface area contributed by atoms with E-state index in [1.165, 1.54) is 17.5 Å². The second kappa shape index (κ2) is 7.18. The molecule has 1 atom stereocenters. The quantitative estimate of drug-likeness (QED) is 0.917. The molecule has 128 valence electrons. The van der Waals surface area contributed by atoms with E-state index in [0.717, 1.165) is 19.5 Å². The first-order chi connectivity index (χ1) is 11.6. The Morgan fingerprint density at radius 3 is 2.75 bits per heavy atom. The first kappa shape index (κ1) is 16.7. The van der Waals surface area contributed by atoms with Gasteiger partial charge in [0.15, 0.2) is 6.39 Å². The second-order valence-corrected chi connectivity index (χ2v) is 6.78. The van der Waals surface area contributed by atoms with Gasteiger partial charge in [0.2, 0.25) is 5.76 Å². The van der Waals surface area contributed by atoms with Crippen LogP contribution in [0.2, 0.25) is 0 Å². The summed E-state index contributed by atoms with van der Waals surface area (Å²) in [6.45, 7) is 8.76. The van der Waals surface area contributed by atoms with Gasteiger partial charge < -0.3 is 9.73 Å². The van der Waals surface area contributed by atoms with E-state index in [2.05, 4.69) is 53.3 Å². The van der Waals surface area contributed by atoms with Crippen molar-refractivity contribution in [2.24, 2.45) is 5.92 Å². The number of fused-ring (bicyclic) bond motifs is 1. The summed E-state index contributed by atoms with van der Waals surface area (Å²) >= 11 is 0. The van der Waals surface area contributed by atoms with Crippen molar-refractivity contribution in [1.82, 2.24) is 15.2 Å². The summed E-state index contributed by atoms with van der Waals surface area (Å²) in [6, 6.07) is 8.92. The van der Waals surface area contributed by atoms with Crippen LogP contribution >= 0.6 is 0 Å². The first-order valence-corrected chi connectivity index (χ1v) is 8.55. The number of hydrogen-bond donors (Lipinski definition) is 1.